The fraction of sp³-hybridized carbons (Fsp3) is 0.923. The Bertz CT molecular complexity index is 352. The molecule has 0 aromatic rings. The highest BCUT2D eigenvalue weighted by molar-refractivity contribution is 4.95. The van der Waals surface area contributed by atoms with E-state index in [-0.39, 0.29) is 0 Å². The molecule has 0 aliphatic carbocycles. The number of hydrogen-bond donors (Lipinski definition) is 0. The third kappa shape index (κ3) is 12.7. The van der Waals surface area contributed by atoms with Crippen molar-refractivity contribution in [2.75, 3.05) is 13.6 Å². The van der Waals surface area contributed by atoms with E-state index in [1.54, 1.807) is 0 Å². The fourth-order valence-electron chi connectivity index (χ4n) is 4.46. The third-order valence-electron chi connectivity index (χ3n) is 6.43. The molecule has 166 valence electrons. The van der Waals surface area contributed by atoms with E-state index in [0.29, 0.717) is 6.17 Å². The van der Waals surface area contributed by atoms with Gasteiger partial charge in [0.1, 0.15) is 6.17 Å². The Morgan fingerprint density at radius 3 is 1.46 bits per heavy atom. The number of unbranched alkanes of at least 4 members (excludes halogenated alkanes) is 16. The average Bonchev–Trinajstić information content (AvgIpc) is 3.05. The van der Waals surface area contributed by atoms with Crippen molar-refractivity contribution in [1.82, 2.24) is 9.80 Å². The second kappa shape index (κ2) is 18.4. The number of nitrogens with zero attached hydrogens (tertiary/aromatic N) is 2. The first kappa shape index (κ1) is 25.4. The van der Waals surface area contributed by atoms with Gasteiger partial charge in [0.25, 0.3) is 0 Å². The van der Waals surface area contributed by atoms with Crippen molar-refractivity contribution in [2.24, 2.45) is 0 Å². The summed E-state index contributed by atoms with van der Waals surface area (Å²) in [5.41, 5.74) is 0. The molecule has 1 unspecified atom stereocenters. The maximum absolute atomic E-state index is 2.60. The molecule has 0 saturated heterocycles. The summed E-state index contributed by atoms with van der Waals surface area (Å²) < 4.78 is 0. The SMILES string of the molecule is CCCCCCCCCCCCC1N(C)C=CN1CCCCCCCCCC. The summed E-state index contributed by atoms with van der Waals surface area (Å²) in [6.07, 6.45) is 32.2. The Hall–Kier alpha value is -0.660. The van der Waals surface area contributed by atoms with Crippen LogP contribution in [0, 0.1) is 0 Å². The predicted molar refractivity (Wildman–Crippen MR) is 126 cm³/mol. The van der Waals surface area contributed by atoms with Crippen LogP contribution in [0.4, 0.5) is 0 Å². The van der Waals surface area contributed by atoms with Gasteiger partial charge in [0.2, 0.25) is 0 Å². The summed E-state index contributed by atoms with van der Waals surface area (Å²) in [7, 11) is 2.26. The van der Waals surface area contributed by atoms with Gasteiger partial charge in [0, 0.05) is 26.0 Å². The van der Waals surface area contributed by atoms with Crippen LogP contribution in [0.2, 0.25) is 0 Å². The van der Waals surface area contributed by atoms with E-state index in [1.165, 1.54) is 129 Å². The zero-order valence-corrected chi connectivity index (χ0v) is 19.8. The molecular formula is C26H52N2. The van der Waals surface area contributed by atoms with Crippen LogP contribution in [-0.2, 0) is 0 Å². The maximum Gasteiger partial charge on any atom is 0.100 e. The molecule has 0 radical (unpaired) electrons. The quantitative estimate of drug-likeness (QED) is 0.192. The van der Waals surface area contributed by atoms with Crippen LogP contribution >= 0.6 is 0 Å². The molecule has 0 fully saturated rings. The van der Waals surface area contributed by atoms with Gasteiger partial charge in [-0.3, -0.25) is 0 Å². The van der Waals surface area contributed by atoms with Crippen LogP contribution in [0.15, 0.2) is 12.4 Å². The van der Waals surface area contributed by atoms with E-state index in [4.69, 9.17) is 0 Å². The molecule has 0 aromatic carbocycles. The monoisotopic (exact) mass is 392 g/mol. The largest absolute Gasteiger partial charge is 0.359 e. The van der Waals surface area contributed by atoms with Gasteiger partial charge < -0.3 is 9.80 Å². The second-order valence-electron chi connectivity index (χ2n) is 9.13. The molecule has 0 bridgehead atoms. The van der Waals surface area contributed by atoms with E-state index < -0.39 is 0 Å². The molecule has 1 aliphatic heterocycles. The van der Waals surface area contributed by atoms with Crippen molar-refractivity contribution in [3.8, 4) is 0 Å². The highest BCUT2D eigenvalue weighted by Gasteiger charge is 2.22. The van der Waals surface area contributed by atoms with Gasteiger partial charge in [0.05, 0.1) is 0 Å². The summed E-state index contributed by atoms with van der Waals surface area (Å²) >= 11 is 0. The van der Waals surface area contributed by atoms with Crippen molar-refractivity contribution >= 4 is 0 Å². The smallest absolute Gasteiger partial charge is 0.100 e. The standard InChI is InChI=1S/C26H52N2/c1-4-6-8-10-12-14-15-16-18-20-22-26-27(3)24-25-28(26)23-21-19-17-13-11-9-7-5-2/h24-26H,4-23H2,1-3H3. The molecule has 1 atom stereocenters. The minimum atomic E-state index is 0.624. The molecule has 1 rings (SSSR count). The molecule has 0 saturated carbocycles. The first-order chi connectivity index (χ1) is 13.8. The lowest BCUT2D eigenvalue weighted by atomic mass is 10.0. The van der Waals surface area contributed by atoms with Crippen molar-refractivity contribution < 1.29 is 0 Å². The van der Waals surface area contributed by atoms with Crippen molar-refractivity contribution in [3.63, 3.8) is 0 Å². The molecule has 0 aromatic heterocycles. The molecule has 1 heterocycles. The Morgan fingerprint density at radius 2 is 0.964 bits per heavy atom. The van der Waals surface area contributed by atoms with E-state index >= 15 is 0 Å². The minimum absolute atomic E-state index is 0.624. The molecule has 28 heavy (non-hydrogen) atoms. The molecule has 0 N–H and O–H groups in total. The van der Waals surface area contributed by atoms with Crippen molar-refractivity contribution in [1.29, 1.82) is 0 Å². The summed E-state index contributed by atoms with van der Waals surface area (Å²) in [6.45, 7) is 5.85. The van der Waals surface area contributed by atoms with E-state index in [9.17, 15) is 0 Å². The van der Waals surface area contributed by atoms with Crippen LogP contribution < -0.4 is 0 Å². The summed E-state index contributed by atoms with van der Waals surface area (Å²) in [4.78, 5) is 5.03. The summed E-state index contributed by atoms with van der Waals surface area (Å²) in [6, 6.07) is 0. The highest BCUT2D eigenvalue weighted by Crippen LogP contribution is 2.21. The zero-order valence-electron chi connectivity index (χ0n) is 19.8. The molecule has 2 nitrogen and oxygen atoms in total. The van der Waals surface area contributed by atoms with Gasteiger partial charge in [-0.15, -0.1) is 0 Å². The average molecular weight is 393 g/mol. The van der Waals surface area contributed by atoms with Gasteiger partial charge in [-0.25, -0.2) is 0 Å². The summed E-state index contributed by atoms with van der Waals surface area (Å²) in [5.74, 6) is 0. The van der Waals surface area contributed by atoms with Crippen LogP contribution in [0.5, 0.6) is 0 Å². The van der Waals surface area contributed by atoms with E-state index in [2.05, 4.69) is 43.1 Å². The Kier molecular flexibility index (Phi) is 16.7. The lowest BCUT2D eigenvalue weighted by Gasteiger charge is -2.30. The molecule has 0 spiro atoms. The highest BCUT2D eigenvalue weighted by atomic mass is 15.4. The first-order valence-corrected chi connectivity index (χ1v) is 13.0. The molecule has 2 heteroatoms. The van der Waals surface area contributed by atoms with Gasteiger partial charge >= 0.3 is 0 Å². The summed E-state index contributed by atoms with van der Waals surface area (Å²) in [5, 5.41) is 0. The fourth-order valence-corrected chi connectivity index (χ4v) is 4.46. The van der Waals surface area contributed by atoms with Crippen molar-refractivity contribution in [3.05, 3.63) is 12.4 Å². The second-order valence-corrected chi connectivity index (χ2v) is 9.13. The van der Waals surface area contributed by atoms with E-state index in [1.807, 2.05) is 0 Å². The van der Waals surface area contributed by atoms with Crippen molar-refractivity contribution in [2.45, 2.75) is 142 Å². The molecule has 0 amide bonds. The van der Waals surface area contributed by atoms with E-state index in [0.717, 1.165) is 0 Å². The maximum atomic E-state index is 2.60. The van der Waals surface area contributed by atoms with Gasteiger partial charge in [-0.05, 0) is 19.3 Å². The Balaban J connectivity index is 1.98. The normalized spacial score (nSPS) is 16.5. The molecular weight excluding hydrogens is 340 g/mol. The van der Waals surface area contributed by atoms with Gasteiger partial charge in [-0.1, -0.05) is 117 Å². The third-order valence-corrected chi connectivity index (χ3v) is 6.43. The number of hydrogen-bond acceptors (Lipinski definition) is 2. The molecule has 1 aliphatic rings. The van der Waals surface area contributed by atoms with Crippen LogP contribution in [-0.4, -0.2) is 29.6 Å². The number of rotatable bonds is 20. The topological polar surface area (TPSA) is 6.48 Å². The predicted octanol–water partition coefficient (Wildman–Crippen LogP) is 8.48. The van der Waals surface area contributed by atoms with Gasteiger partial charge in [-0.2, -0.15) is 0 Å². The Labute approximate surface area is 178 Å². The zero-order chi connectivity index (χ0) is 20.3. The van der Waals surface area contributed by atoms with Crippen LogP contribution in [0.3, 0.4) is 0 Å². The van der Waals surface area contributed by atoms with Crippen LogP contribution in [0.1, 0.15) is 136 Å². The minimum Gasteiger partial charge on any atom is -0.359 e. The van der Waals surface area contributed by atoms with Crippen LogP contribution in [0.25, 0.3) is 0 Å². The Morgan fingerprint density at radius 1 is 0.536 bits per heavy atom. The lowest BCUT2D eigenvalue weighted by Crippen LogP contribution is -2.37. The lowest BCUT2D eigenvalue weighted by molar-refractivity contribution is 0.159. The van der Waals surface area contributed by atoms with Gasteiger partial charge in [0.15, 0.2) is 0 Å². The first-order valence-electron chi connectivity index (χ1n) is 13.0.